The Morgan fingerprint density at radius 2 is 2.46 bits per heavy atom. The van der Waals surface area contributed by atoms with Gasteiger partial charge in [-0.1, -0.05) is 6.07 Å². The van der Waals surface area contributed by atoms with E-state index in [2.05, 4.69) is 4.98 Å². The molecule has 0 unspecified atom stereocenters. The van der Waals surface area contributed by atoms with Gasteiger partial charge in [-0.2, -0.15) is 0 Å². The van der Waals surface area contributed by atoms with E-state index in [1.165, 1.54) is 5.06 Å². The monoisotopic (exact) mass is 178 g/mol. The maximum absolute atomic E-state index is 11.2. The number of carbonyl (C=O) groups is 1. The van der Waals surface area contributed by atoms with E-state index in [0.717, 1.165) is 5.69 Å². The minimum Gasteiger partial charge on any atom is -0.272 e. The molecule has 0 radical (unpaired) electrons. The molecule has 4 nitrogen and oxygen atoms in total. The molecule has 0 aliphatic carbocycles. The maximum atomic E-state index is 11.2. The first-order valence-corrected chi connectivity index (χ1v) is 4.19. The van der Waals surface area contributed by atoms with Gasteiger partial charge in [0.25, 0.3) is 0 Å². The van der Waals surface area contributed by atoms with E-state index in [-0.39, 0.29) is 5.91 Å². The van der Waals surface area contributed by atoms with E-state index >= 15 is 0 Å². The summed E-state index contributed by atoms with van der Waals surface area (Å²) in [6, 6.07) is 5.61. The van der Waals surface area contributed by atoms with Crippen molar-refractivity contribution in [3.05, 3.63) is 30.1 Å². The highest BCUT2D eigenvalue weighted by Gasteiger charge is 2.21. The molecule has 68 valence electrons. The average Bonchev–Trinajstić information content (AvgIpc) is 2.54. The normalized spacial score (nSPS) is 16.6. The van der Waals surface area contributed by atoms with Crippen molar-refractivity contribution in [1.29, 1.82) is 0 Å². The molecule has 1 aliphatic rings. The van der Waals surface area contributed by atoms with Crippen LogP contribution in [0.4, 0.5) is 0 Å². The first-order valence-electron chi connectivity index (χ1n) is 4.19. The van der Waals surface area contributed by atoms with Crippen molar-refractivity contribution in [3.8, 4) is 0 Å². The molecule has 0 atom stereocenters. The molecule has 1 aromatic heterocycles. The lowest BCUT2D eigenvalue weighted by Gasteiger charge is -2.12. The third-order valence-corrected chi connectivity index (χ3v) is 1.87. The van der Waals surface area contributed by atoms with Crippen LogP contribution in [0.25, 0.3) is 0 Å². The Labute approximate surface area is 76.1 Å². The van der Waals surface area contributed by atoms with Gasteiger partial charge in [0.2, 0.25) is 5.91 Å². The molecule has 4 heteroatoms. The molecule has 1 saturated heterocycles. The minimum atomic E-state index is 0.0330. The van der Waals surface area contributed by atoms with E-state index in [0.29, 0.717) is 19.6 Å². The molecule has 0 bridgehead atoms. The fourth-order valence-electron chi connectivity index (χ4n) is 1.21. The largest absolute Gasteiger partial charge is 0.272 e. The van der Waals surface area contributed by atoms with Gasteiger partial charge < -0.3 is 0 Å². The number of aromatic nitrogens is 1. The number of pyridine rings is 1. The number of rotatable bonds is 2. The molecule has 13 heavy (non-hydrogen) atoms. The fourth-order valence-corrected chi connectivity index (χ4v) is 1.21. The Bertz CT molecular complexity index is 300. The Morgan fingerprint density at radius 3 is 3.08 bits per heavy atom. The Balaban J connectivity index is 2.02. The summed E-state index contributed by atoms with van der Waals surface area (Å²) in [5, 5.41) is 1.36. The van der Waals surface area contributed by atoms with Crippen LogP contribution in [0.15, 0.2) is 24.4 Å². The van der Waals surface area contributed by atoms with Crippen LogP contribution < -0.4 is 0 Å². The Hall–Kier alpha value is -1.42. The van der Waals surface area contributed by atoms with Gasteiger partial charge in [0, 0.05) is 6.20 Å². The number of amides is 1. The maximum Gasteiger partial charge on any atom is 0.248 e. The van der Waals surface area contributed by atoms with Crippen LogP contribution in [0.1, 0.15) is 12.1 Å². The molecule has 1 amide bonds. The lowest BCUT2D eigenvalue weighted by molar-refractivity contribution is -0.164. The minimum absolute atomic E-state index is 0.0330. The molecule has 0 spiro atoms. The van der Waals surface area contributed by atoms with Gasteiger partial charge in [-0.15, -0.1) is 0 Å². The molecule has 1 fully saturated rings. The van der Waals surface area contributed by atoms with E-state index in [9.17, 15) is 4.79 Å². The third kappa shape index (κ3) is 1.84. The molecule has 2 heterocycles. The van der Waals surface area contributed by atoms with Gasteiger partial charge in [-0.3, -0.25) is 14.6 Å². The van der Waals surface area contributed by atoms with Crippen LogP contribution >= 0.6 is 0 Å². The lowest BCUT2D eigenvalue weighted by atomic mass is 10.3. The Morgan fingerprint density at radius 1 is 1.54 bits per heavy atom. The van der Waals surface area contributed by atoms with Crippen molar-refractivity contribution in [2.75, 3.05) is 6.61 Å². The summed E-state index contributed by atoms with van der Waals surface area (Å²) >= 11 is 0. The first kappa shape index (κ1) is 8.19. The van der Waals surface area contributed by atoms with Crippen LogP contribution in [0, 0.1) is 0 Å². The van der Waals surface area contributed by atoms with Crippen LogP contribution in [-0.4, -0.2) is 22.6 Å². The third-order valence-electron chi connectivity index (χ3n) is 1.87. The highest BCUT2D eigenvalue weighted by atomic mass is 16.7. The van der Waals surface area contributed by atoms with Gasteiger partial charge in [0.1, 0.15) is 0 Å². The molecule has 2 rings (SSSR count). The number of nitrogens with zero attached hydrogens (tertiary/aromatic N) is 2. The van der Waals surface area contributed by atoms with Crippen molar-refractivity contribution in [1.82, 2.24) is 10.0 Å². The smallest absolute Gasteiger partial charge is 0.248 e. The second kappa shape index (κ2) is 3.53. The number of hydroxylamine groups is 2. The summed E-state index contributed by atoms with van der Waals surface area (Å²) in [5.74, 6) is 0.0330. The highest BCUT2D eigenvalue weighted by molar-refractivity contribution is 5.76. The van der Waals surface area contributed by atoms with E-state index < -0.39 is 0 Å². The zero-order chi connectivity index (χ0) is 9.10. The van der Waals surface area contributed by atoms with Crippen molar-refractivity contribution in [2.45, 2.75) is 13.0 Å². The summed E-state index contributed by atoms with van der Waals surface area (Å²) in [6.45, 7) is 0.936. The first-order chi connectivity index (χ1) is 6.36. The van der Waals surface area contributed by atoms with E-state index in [1.807, 2.05) is 18.2 Å². The molecular formula is C9H10N2O2. The topological polar surface area (TPSA) is 42.4 Å². The van der Waals surface area contributed by atoms with Crippen LogP contribution in [0.2, 0.25) is 0 Å². The Kier molecular flexibility index (Phi) is 2.23. The molecule has 0 aromatic carbocycles. The SMILES string of the molecule is O=C1CCON1Cc1ccccn1. The molecule has 1 aromatic rings. The van der Waals surface area contributed by atoms with Crippen molar-refractivity contribution in [2.24, 2.45) is 0 Å². The van der Waals surface area contributed by atoms with E-state index in [1.54, 1.807) is 6.20 Å². The van der Waals surface area contributed by atoms with Gasteiger partial charge in [-0.05, 0) is 12.1 Å². The summed E-state index contributed by atoms with van der Waals surface area (Å²) in [6.07, 6.45) is 2.18. The van der Waals surface area contributed by atoms with Crippen LogP contribution in [-0.2, 0) is 16.2 Å². The van der Waals surface area contributed by atoms with E-state index in [4.69, 9.17) is 4.84 Å². The average molecular weight is 178 g/mol. The summed E-state index contributed by atoms with van der Waals surface area (Å²) in [7, 11) is 0. The van der Waals surface area contributed by atoms with Crippen molar-refractivity contribution in [3.63, 3.8) is 0 Å². The molecular weight excluding hydrogens is 168 g/mol. The number of hydrogen-bond donors (Lipinski definition) is 0. The predicted octanol–water partition coefficient (Wildman–Crippen LogP) is 0.746. The van der Waals surface area contributed by atoms with Crippen LogP contribution in [0.5, 0.6) is 0 Å². The second-order valence-corrected chi connectivity index (χ2v) is 2.83. The lowest BCUT2D eigenvalue weighted by Crippen LogP contribution is -2.22. The fraction of sp³-hybridized carbons (Fsp3) is 0.333. The number of carbonyl (C=O) groups excluding carboxylic acids is 1. The van der Waals surface area contributed by atoms with Crippen LogP contribution in [0.3, 0.4) is 0 Å². The molecule has 0 saturated carbocycles. The standard InChI is InChI=1S/C9H10N2O2/c12-9-4-6-13-11(9)7-8-3-1-2-5-10-8/h1-3,5H,4,6-7H2. The predicted molar refractivity (Wildman–Crippen MR) is 45.4 cm³/mol. The van der Waals surface area contributed by atoms with Gasteiger partial charge >= 0.3 is 0 Å². The molecule has 1 aliphatic heterocycles. The van der Waals surface area contributed by atoms with Crippen molar-refractivity contribution < 1.29 is 9.63 Å². The highest BCUT2D eigenvalue weighted by Crippen LogP contribution is 2.10. The number of hydrogen-bond acceptors (Lipinski definition) is 3. The summed E-state index contributed by atoms with van der Waals surface area (Å²) in [5.41, 5.74) is 0.845. The second-order valence-electron chi connectivity index (χ2n) is 2.83. The summed E-state index contributed by atoms with van der Waals surface area (Å²) in [4.78, 5) is 20.4. The van der Waals surface area contributed by atoms with Crippen molar-refractivity contribution >= 4 is 5.91 Å². The quantitative estimate of drug-likeness (QED) is 0.671. The van der Waals surface area contributed by atoms with Gasteiger partial charge in [0.15, 0.2) is 0 Å². The van der Waals surface area contributed by atoms with Gasteiger partial charge in [-0.25, -0.2) is 5.06 Å². The zero-order valence-electron chi connectivity index (χ0n) is 7.14. The summed E-state index contributed by atoms with van der Waals surface area (Å²) < 4.78 is 0. The molecule has 0 N–H and O–H groups in total. The van der Waals surface area contributed by atoms with Gasteiger partial charge in [0.05, 0.1) is 25.3 Å². The zero-order valence-corrected chi connectivity index (χ0v) is 7.14.